The maximum Gasteiger partial charge on any atom is 0.420 e. The van der Waals surface area contributed by atoms with Crippen LogP contribution in [-0.4, -0.2) is 0 Å². The van der Waals surface area contributed by atoms with Crippen LogP contribution < -0.4 is 0 Å². The fourth-order valence-corrected chi connectivity index (χ4v) is 3.01. The Morgan fingerprint density at radius 2 is 1.04 bits per heavy atom. The predicted molar refractivity (Wildman–Crippen MR) is 100 cm³/mol. The number of rotatable bonds is 3. The van der Waals surface area contributed by atoms with Gasteiger partial charge in [-0.05, 0) is 17.2 Å². The maximum atomic E-state index is 13.5. The third-order valence-corrected chi connectivity index (χ3v) is 4.35. The molecule has 0 radical (unpaired) electrons. The molecular weight excluding hydrogens is 349 g/mol. The Morgan fingerprint density at radius 1 is 0.556 bits per heavy atom. The lowest BCUT2D eigenvalue weighted by Gasteiger charge is -2.06. The van der Waals surface area contributed by atoms with Crippen LogP contribution in [0.25, 0.3) is 33.8 Å². The van der Waals surface area contributed by atoms with Gasteiger partial charge in [-0.25, -0.2) is 0 Å². The molecule has 0 aliphatic rings. The van der Waals surface area contributed by atoms with Crippen LogP contribution in [0.15, 0.2) is 95.4 Å². The Balaban J connectivity index is 1.75. The summed E-state index contributed by atoms with van der Waals surface area (Å²) in [4.78, 5) is 0. The molecule has 4 heteroatoms. The molecule has 0 fully saturated rings. The number of hydrogen-bond acceptors (Lipinski definition) is 1. The first-order valence-electron chi connectivity index (χ1n) is 8.45. The van der Waals surface area contributed by atoms with E-state index in [2.05, 4.69) is 0 Å². The number of benzene rings is 3. The van der Waals surface area contributed by atoms with E-state index in [-0.39, 0.29) is 11.5 Å². The molecule has 1 nitrogen and oxygen atoms in total. The van der Waals surface area contributed by atoms with Gasteiger partial charge in [-0.3, -0.25) is 0 Å². The van der Waals surface area contributed by atoms with Crippen molar-refractivity contribution in [3.63, 3.8) is 0 Å². The van der Waals surface area contributed by atoms with Gasteiger partial charge in [0.1, 0.15) is 17.1 Å². The summed E-state index contributed by atoms with van der Waals surface area (Å²) in [5, 5.41) is 0. The van der Waals surface area contributed by atoms with Crippen molar-refractivity contribution in [1.29, 1.82) is 0 Å². The molecule has 0 unspecified atom stereocenters. The lowest BCUT2D eigenvalue weighted by atomic mass is 10.0. The van der Waals surface area contributed by atoms with Crippen molar-refractivity contribution in [2.75, 3.05) is 0 Å². The van der Waals surface area contributed by atoms with Gasteiger partial charge in [0.25, 0.3) is 0 Å². The standard InChI is InChI=1S/C23H15F3O/c24-23(25,26)20-15-21(27-22(20)19-9-5-2-6-10-19)18-13-11-17(12-14-18)16-7-3-1-4-8-16/h1-15H. The Labute approximate surface area is 154 Å². The highest BCUT2D eigenvalue weighted by atomic mass is 19.4. The predicted octanol–water partition coefficient (Wildman–Crippen LogP) is 7.30. The molecular formula is C23H15F3O. The molecule has 1 heterocycles. The fraction of sp³-hybridized carbons (Fsp3) is 0.0435. The Bertz CT molecular complexity index is 1030. The first-order valence-corrected chi connectivity index (χ1v) is 8.45. The summed E-state index contributed by atoms with van der Waals surface area (Å²) >= 11 is 0. The summed E-state index contributed by atoms with van der Waals surface area (Å²) in [6.07, 6.45) is -4.49. The van der Waals surface area contributed by atoms with E-state index in [9.17, 15) is 13.2 Å². The smallest absolute Gasteiger partial charge is 0.420 e. The van der Waals surface area contributed by atoms with E-state index in [1.54, 1.807) is 42.5 Å². The minimum atomic E-state index is -4.49. The molecule has 0 saturated carbocycles. The largest absolute Gasteiger partial charge is 0.455 e. The third kappa shape index (κ3) is 3.51. The molecule has 4 rings (SSSR count). The van der Waals surface area contributed by atoms with Crippen molar-refractivity contribution in [2.45, 2.75) is 6.18 Å². The van der Waals surface area contributed by atoms with Gasteiger partial charge < -0.3 is 4.42 Å². The first-order chi connectivity index (χ1) is 13.0. The summed E-state index contributed by atoms with van der Waals surface area (Å²) in [7, 11) is 0. The normalized spacial score (nSPS) is 11.5. The highest BCUT2D eigenvalue weighted by molar-refractivity contribution is 5.72. The average molecular weight is 364 g/mol. The zero-order chi connectivity index (χ0) is 18.9. The molecule has 0 aliphatic carbocycles. The van der Waals surface area contributed by atoms with Gasteiger partial charge in [-0.2, -0.15) is 13.2 Å². The van der Waals surface area contributed by atoms with Crippen LogP contribution >= 0.6 is 0 Å². The summed E-state index contributed by atoms with van der Waals surface area (Å²) in [5.74, 6) is 0.0334. The number of hydrogen-bond donors (Lipinski definition) is 0. The van der Waals surface area contributed by atoms with Crippen molar-refractivity contribution >= 4 is 0 Å². The lowest BCUT2D eigenvalue weighted by Crippen LogP contribution is -2.04. The van der Waals surface area contributed by atoms with E-state index in [1.165, 1.54) is 0 Å². The number of halogens is 3. The van der Waals surface area contributed by atoms with Crippen LogP contribution in [0, 0.1) is 0 Å². The molecule has 134 valence electrons. The van der Waals surface area contributed by atoms with Crippen molar-refractivity contribution in [2.24, 2.45) is 0 Å². The van der Waals surface area contributed by atoms with Crippen LogP contribution in [0.2, 0.25) is 0 Å². The highest BCUT2D eigenvalue weighted by Gasteiger charge is 2.37. The summed E-state index contributed by atoms with van der Waals surface area (Å²) in [6.45, 7) is 0. The maximum absolute atomic E-state index is 13.5. The minimum Gasteiger partial charge on any atom is -0.455 e. The van der Waals surface area contributed by atoms with E-state index in [0.29, 0.717) is 11.1 Å². The van der Waals surface area contributed by atoms with E-state index in [0.717, 1.165) is 17.2 Å². The topological polar surface area (TPSA) is 13.1 Å². The van der Waals surface area contributed by atoms with Crippen LogP contribution in [0.1, 0.15) is 5.56 Å². The Morgan fingerprint density at radius 3 is 1.59 bits per heavy atom. The molecule has 0 amide bonds. The molecule has 0 atom stereocenters. The van der Waals surface area contributed by atoms with Crippen molar-refractivity contribution in [3.05, 3.63) is 96.6 Å². The van der Waals surface area contributed by atoms with Crippen molar-refractivity contribution in [3.8, 4) is 33.8 Å². The number of furan rings is 1. The quantitative estimate of drug-likeness (QED) is 0.372. The van der Waals surface area contributed by atoms with Gasteiger partial charge in [0, 0.05) is 11.1 Å². The fourth-order valence-electron chi connectivity index (χ4n) is 3.01. The van der Waals surface area contributed by atoms with Crippen LogP contribution in [0.3, 0.4) is 0 Å². The second kappa shape index (κ2) is 6.80. The van der Waals surface area contributed by atoms with E-state index < -0.39 is 11.7 Å². The summed E-state index contributed by atoms with van der Waals surface area (Å²) < 4.78 is 46.1. The van der Waals surface area contributed by atoms with Gasteiger partial charge in [-0.15, -0.1) is 0 Å². The van der Waals surface area contributed by atoms with Gasteiger partial charge in [0.2, 0.25) is 0 Å². The number of alkyl halides is 3. The molecule has 0 aliphatic heterocycles. The zero-order valence-electron chi connectivity index (χ0n) is 14.2. The van der Waals surface area contributed by atoms with E-state index in [4.69, 9.17) is 4.42 Å². The van der Waals surface area contributed by atoms with Gasteiger partial charge in [-0.1, -0.05) is 84.9 Å². The summed E-state index contributed by atoms with van der Waals surface area (Å²) in [5.41, 5.74) is 2.27. The molecule has 0 saturated heterocycles. The van der Waals surface area contributed by atoms with E-state index in [1.807, 2.05) is 42.5 Å². The molecule has 27 heavy (non-hydrogen) atoms. The highest BCUT2D eigenvalue weighted by Crippen LogP contribution is 2.42. The van der Waals surface area contributed by atoms with Crippen molar-refractivity contribution < 1.29 is 17.6 Å². The Kier molecular flexibility index (Phi) is 4.32. The first kappa shape index (κ1) is 17.2. The van der Waals surface area contributed by atoms with Gasteiger partial charge in [0.15, 0.2) is 0 Å². The second-order valence-corrected chi connectivity index (χ2v) is 6.16. The summed E-state index contributed by atoms with van der Waals surface area (Å²) in [6, 6.07) is 26.5. The van der Waals surface area contributed by atoms with Crippen LogP contribution in [-0.2, 0) is 6.18 Å². The van der Waals surface area contributed by atoms with Crippen molar-refractivity contribution in [1.82, 2.24) is 0 Å². The molecule has 0 bridgehead atoms. The zero-order valence-corrected chi connectivity index (χ0v) is 14.2. The lowest BCUT2D eigenvalue weighted by molar-refractivity contribution is -0.137. The monoisotopic (exact) mass is 364 g/mol. The van der Waals surface area contributed by atoms with Gasteiger partial charge in [0.05, 0.1) is 0 Å². The molecule has 0 N–H and O–H groups in total. The van der Waals surface area contributed by atoms with E-state index >= 15 is 0 Å². The Hall–Kier alpha value is -3.27. The molecule has 4 aromatic rings. The minimum absolute atomic E-state index is 0.162. The van der Waals surface area contributed by atoms with Crippen LogP contribution in [0.5, 0.6) is 0 Å². The average Bonchev–Trinajstić information content (AvgIpc) is 3.16. The third-order valence-electron chi connectivity index (χ3n) is 4.35. The SMILES string of the molecule is FC(F)(F)c1cc(-c2ccc(-c3ccccc3)cc2)oc1-c1ccccc1. The van der Waals surface area contributed by atoms with Crippen LogP contribution in [0.4, 0.5) is 13.2 Å². The second-order valence-electron chi connectivity index (χ2n) is 6.16. The molecule has 3 aromatic carbocycles. The molecule has 0 spiro atoms. The molecule has 1 aromatic heterocycles. The van der Waals surface area contributed by atoms with Gasteiger partial charge >= 0.3 is 6.18 Å².